The molecule has 14 heavy (non-hydrogen) atoms. The summed E-state index contributed by atoms with van der Waals surface area (Å²) in [6, 6.07) is 8.23. The predicted molar refractivity (Wildman–Crippen MR) is 56.2 cm³/mol. The molecule has 0 heterocycles. The van der Waals surface area contributed by atoms with Gasteiger partial charge in [-0.3, -0.25) is 4.79 Å². The lowest BCUT2D eigenvalue weighted by atomic mass is 9.95. The van der Waals surface area contributed by atoms with E-state index in [0.29, 0.717) is 18.7 Å². The minimum atomic E-state index is 0.120. The van der Waals surface area contributed by atoms with E-state index in [1.54, 1.807) is 0 Å². The van der Waals surface area contributed by atoms with E-state index in [2.05, 4.69) is 12.1 Å². The van der Waals surface area contributed by atoms with Crippen LogP contribution in [-0.4, -0.2) is 12.3 Å². The number of nitrogens with two attached hydrogens (primary N) is 1. The maximum atomic E-state index is 11.7. The molecule has 0 radical (unpaired) electrons. The molecular weight excluding hydrogens is 174 g/mol. The maximum absolute atomic E-state index is 11.7. The zero-order chi connectivity index (χ0) is 9.97. The molecule has 74 valence electrons. The first kappa shape index (κ1) is 9.41. The lowest BCUT2D eigenvalue weighted by molar-refractivity contribution is -0.120. The molecule has 2 nitrogen and oxygen atoms in total. The van der Waals surface area contributed by atoms with E-state index in [9.17, 15) is 4.79 Å². The molecule has 0 saturated carbocycles. The predicted octanol–water partition coefficient (Wildman–Crippen LogP) is 1.63. The molecule has 0 aromatic heterocycles. The van der Waals surface area contributed by atoms with Crippen molar-refractivity contribution in [1.82, 2.24) is 0 Å². The van der Waals surface area contributed by atoms with Gasteiger partial charge in [-0.2, -0.15) is 0 Å². The number of Topliss-reactive ketones (excluding diaryl/α,β-unsaturated/α-hetero) is 1. The van der Waals surface area contributed by atoms with Gasteiger partial charge in [0.2, 0.25) is 0 Å². The Morgan fingerprint density at radius 1 is 1.43 bits per heavy atom. The summed E-state index contributed by atoms with van der Waals surface area (Å²) >= 11 is 0. The normalized spacial score (nSPS) is 19.4. The van der Waals surface area contributed by atoms with Crippen LogP contribution in [0.2, 0.25) is 0 Å². The van der Waals surface area contributed by atoms with Crippen LogP contribution in [0, 0.1) is 0 Å². The number of hydrogen-bond acceptors (Lipinski definition) is 2. The first-order chi connectivity index (χ1) is 6.83. The fourth-order valence-electron chi connectivity index (χ4n) is 2.21. The lowest BCUT2D eigenvalue weighted by Gasteiger charge is -2.08. The molecule has 0 aliphatic heterocycles. The van der Waals surface area contributed by atoms with Crippen molar-refractivity contribution in [2.24, 2.45) is 5.73 Å². The van der Waals surface area contributed by atoms with E-state index in [0.717, 1.165) is 12.8 Å². The topological polar surface area (TPSA) is 43.1 Å². The maximum Gasteiger partial charge on any atom is 0.141 e. The van der Waals surface area contributed by atoms with Gasteiger partial charge >= 0.3 is 0 Å². The molecule has 0 fully saturated rings. The SMILES string of the molecule is NCCC(=O)C1CCc2ccccc21. The largest absolute Gasteiger partial charge is 0.330 e. The van der Waals surface area contributed by atoms with Crippen LogP contribution in [0.15, 0.2) is 24.3 Å². The summed E-state index contributed by atoms with van der Waals surface area (Å²) in [4.78, 5) is 11.7. The Bertz CT molecular complexity index is 346. The van der Waals surface area contributed by atoms with Crippen molar-refractivity contribution in [3.8, 4) is 0 Å². The fraction of sp³-hybridized carbons (Fsp3) is 0.417. The van der Waals surface area contributed by atoms with Crippen molar-refractivity contribution < 1.29 is 4.79 Å². The van der Waals surface area contributed by atoms with Gasteiger partial charge in [0, 0.05) is 12.3 Å². The first-order valence-corrected chi connectivity index (χ1v) is 5.13. The van der Waals surface area contributed by atoms with Crippen LogP contribution in [0.5, 0.6) is 0 Å². The Kier molecular flexibility index (Phi) is 2.64. The molecule has 0 bridgehead atoms. The highest BCUT2D eigenvalue weighted by Crippen LogP contribution is 2.33. The van der Waals surface area contributed by atoms with E-state index in [-0.39, 0.29) is 5.92 Å². The molecule has 1 aliphatic carbocycles. The Balaban J connectivity index is 2.21. The molecule has 1 unspecified atom stereocenters. The second kappa shape index (κ2) is 3.93. The zero-order valence-corrected chi connectivity index (χ0v) is 8.20. The fourth-order valence-corrected chi connectivity index (χ4v) is 2.21. The summed E-state index contributed by atoms with van der Waals surface area (Å²) < 4.78 is 0. The summed E-state index contributed by atoms with van der Waals surface area (Å²) in [5.41, 5.74) is 7.96. The monoisotopic (exact) mass is 189 g/mol. The number of rotatable bonds is 3. The van der Waals surface area contributed by atoms with Gasteiger partial charge in [0.05, 0.1) is 0 Å². The van der Waals surface area contributed by atoms with Crippen molar-refractivity contribution in [3.63, 3.8) is 0 Å². The number of benzene rings is 1. The van der Waals surface area contributed by atoms with E-state index in [4.69, 9.17) is 5.73 Å². The van der Waals surface area contributed by atoms with Crippen molar-refractivity contribution >= 4 is 5.78 Å². The average Bonchev–Trinajstić information content (AvgIpc) is 2.61. The Morgan fingerprint density at radius 3 is 3.00 bits per heavy atom. The summed E-state index contributed by atoms with van der Waals surface area (Å²) in [7, 11) is 0. The van der Waals surface area contributed by atoms with Crippen LogP contribution in [0.4, 0.5) is 0 Å². The number of ketones is 1. The van der Waals surface area contributed by atoms with Crippen LogP contribution in [0.1, 0.15) is 29.9 Å². The molecule has 2 rings (SSSR count). The van der Waals surface area contributed by atoms with Crippen LogP contribution >= 0.6 is 0 Å². The molecule has 1 aliphatic rings. The van der Waals surface area contributed by atoms with Gasteiger partial charge in [-0.25, -0.2) is 0 Å². The molecule has 0 spiro atoms. The zero-order valence-electron chi connectivity index (χ0n) is 8.20. The smallest absolute Gasteiger partial charge is 0.141 e. The number of carbonyl (C=O) groups is 1. The molecule has 2 N–H and O–H groups in total. The first-order valence-electron chi connectivity index (χ1n) is 5.13. The van der Waals surface area contributed by atoms with Gasteiger partial charge in [0.1, 0.15) is 5.78 Å². The van der Waals surface area contributed by atoms with Crippen molar-refractivity contribution in [2.75, 3.05) is 6.54 Å². The quantitative estimate of drug-likeness (QED) is 0.785. The van der Waals surface area contributed by atoms with E-state index in [1.165, 1.54) is 11.1 Å². The van der Waals surface area contributed by atoms with Crippen LogP contribution in [-0.2, 0) is 11.2 Å². The third kappa shape index (κ3) is 1.58. The van der Waals surface area contributed by atoms with Gasteiger partial charge in [0.15, 0.2) is 0 Å². The Morgan fingerprint density at radius 2 is 2.21 bits per heavy atom. The molecule has 0 amide bonds. The van der Waals surface area contributed by atoms with Gasteiger partial charge < -0.3 is 5.73 Å². The molecule has 0 saturated heterocycles. The molecule has 1 atom stereocenters. The lowest BCUT2D eigenvalue weighted by Crippen LogP contribution is -2.14. The van der Waals surface area contributed by atoms with Crippen LogP contribution in [0.3, 0.4) is 0 Å². The highest BCUT2D eigenvalue weighted by atomic mass is 16.1. The van der Waals surface area contributed by atoms with E-state index >= 15 is 0 Å². The second-order valence-electron chi connectivity index (χ2n) is 3.80. The third-order valence-electron chi connectivity index (χ3n) is 2.91. The van der Waals surface area contributed by atoms with Gasteiger partial charge in [-0.1, -0.05) is 24.3 Å². The summed E-state index contributed by atoms with van der Waals surface area (Å²) in [6.45, 7) is 0.470. The van der Waals surface area contributed by atoms with Crippen molar-refractivity contribution in [2.45, 2.75) is 25.2 Å². The van der Waals surface area contributed by atoms with E-state index in [1.807, 2.05) is 12.1 Å². The Labute approximate surface area is 84.1 Å². The Hall–Kier alpha value is -1.15. The summed E-state index contributed by atoms with van der Waals surface area (Å²) in [5.74, 6) is 0.423. The molecule has 2 heteroatoms. The standard InChI is InChI=1S/C12H15NO/c13-8-7-12(14)11-6-5-9-3-1-2-4-10(9)11/h1-4,11H,5-8,13H2. The van der Waals surface area contributed by atoms with Crippen molar-refractivity contribution in [1.29, 1.82) is 0 Å². The van der Waals surface area contributed by atoms with Crippen molar-refractivity contribution in [3.05, 3.63) is 35.4 Å². The van der Waals surface area contributed by atoms with Gasteiger partial charge in [-0.05, 0) is 30.5 Å². The number of hydrogen-bond donors (Lipinski definition) is 1. The summed E-state index contributed by atoms with van der Waals surface area (Å²) in [5, 5.41) is 0. The van der Waals surface area contributed by atoms with Crippen LogP contribution < -0.4 is 5.73 Å². The number of fused-ring (bicyclic) bond motifs is 1. The third-order valence-corrected chi connectivity index (χ3v) is 2.91. The highest BCUT2D eigenvalue weighted by molar-refractivity contribution is 5.87. The minimum Gasteiger partial charge on any atom is -0.330 e. The van der Waals surface area contributed by atoms with Gasteiger partial charge in [0.25, 0.3) is 0 Å². The molecule has 1 aromatic carbocycles. The van der Waals surface area contributed by atoms with Crippen LogP contribution in [0.25, 0.3) is 0 Å². The van der Waals surface area contributed by atoms with E-state index < -0.39 is 0 Å². The van der Waals surface area contributed by atoms with Gasteiger partial charge in [-0.15, -0.1) is 0 Å². The highest BCUT2D eigenvalue weighted by Gasteiger charge is 2.26. The molecular formula is C12H15NO. The summed E-state index contributed by atoms with van der Waals surface area (Å²) in [6.07, 6.45) is 2.52. The molecule has 1 aromatic rings. The number of aryl methyl sites for hydroxylation is 1. The average molecular weight is 189 g/mol. The second-order valence-corrected chi connectivity index (χ2v) is 3.80. The minimum absolute atomic E-state index is 0.120. The number of carbonyl (C=O) groups excluding carboxylic acids is 1.